The first kappa shape index (κ1) is 17.6. The Morgan fingerprint density at radius 1 is 1.48 bits per heavy atom. The monoisotopic (exact) mass is 320 g/mol. The Hall–Kier alpha value is -1.75. The standard InChI is InChI=1S/C18H28N2O3/c1-14-8-4-5-9-16(14)22-13-7-11-20(3)18(21)19-15(2)17-10-6-12-23-17/h4-5,8-9,15,17H,6-7,10-13H2,1-3H3,(H,19,21). The number of urea groups is 1. The zero-order valence-corrected chi connectivity index (χ0v) is 14.4. The van der Waals surface area contributed by atoms with Gasteiger partial charge in [0.1, 0.15) is 5.75 Å². The van der Waals surface area contributed by atoms with Gasteiger partial charge in [-0.25, -0.2) is 4.79 Å². The van der Waals surface area contributed by atoms with Crippen LogP contribution < -0.4 is 10.1 Å². The largest absolute Gasteiger partial charge is 0.493 e. The molecule has 1 aliphatic heterocycles. The van der Waals surface area contributed by atoms with E-state index in [9.17, 15) is 4.79 Å². The van der Waals surface area contributed by atoms with Gasteiger partial charge in [-0.3, -0.25) is 0 Å². The van der Waals surface area contributed by atoms with Gasteiger partial charge < -0.3 is 19.7 Å². The molecule has 5 heteroatoms. The number of aryl methyl sites for hydroxylation is 1. The van der Waals surface area contributed by atoms with Gasteiger partial charge in [-0.1, -0.05) is 18.2 Å². The third kappa shape index (κ3) is 5.43. The Labute approximate surface area is 139 Å². The molecule has 23 heavy (non-hydrogen) atoms. The van der Waals surface area contributed by atoms with Gasteiger partial charge >= 0.3 is 6.03 Å². The van der Waals surface area contributed by atoms with Crippen molar-refractivity contribution >= 4 is 6.03 Å². The van der Waals surface area contributed by atoms with Crippen LogP contribution in [0.3, 0.4) is 0 Å². The van der Waals surface area contributed by atoms with Crippen molar-refractivity contribution in [2.75, 3.05) is 26.8 Å². The highest BCUT2D eigenvalue weighted by molar-refractivity contribution is 5.74. The number of para-hydroxylation sites is 1. The predicted molar refractivity (Wildman–Crippen MR) is 90.9 cm³/mol. The van der Waals surface area contributed by atoms with Crippen molar-refractivity contribution in [2.24, 2.45) is 0 Å². The van der Waals surface area contributed by atoms with Crippen LogP contribution in [0.1, 0.15) is 31.7 Å². The minimum Gasteiger partial charge on any atom is -0.493 e. The Morgan fingerprint density at radius 3 is 2.96 bits per heavy atom. The topological polar surface area (TPSA) is 50.8 Å². The predicted octanol–water partition coefficient (Wildman–Crippen LogP) is 2.97. The number of amides is 2. The summed E-state index contributed by atoms with van der Waals surface area (Å²) in [6.45, 7) is 6.10. The van der Waals surface area contributed by atoms with E-state index in [1.54, 1.807) is 4.90 Å². The van der Waals surface area contributed by atoms with Gasteiger partial charge in [0.25, 0.3) is 0 Å². The quantitative estimate of drug-likeness (QED) is 0.786. The average molecular weight is 320 g/mol. The van der Waals surface area contributed by atoms with Crippen LogP contribution in [0.25, 0.3) is 0 Å². The van der Waals surface area contributed by atoms with E-state index in [1.165, 1.54) is 0 Å². The lowest BCUT2D eigenvalue weighted by atomic mass is 10.1. The summed E-state index contributed by atoms with van der Waals surface area (Å²) in [7, 11) is 1.81. The molecule has 0 spiro atoms. The maximum atomic E-state index is 12.1. The van der Waals surface area contributed by atoms with Crippen molar-refractivity contribution in [3.05, 3.63) is 29.8 Å². The van der Waals surface area contributed by atoms with E-state index in [1.807, 2.05) is 45.2 Å². The number of carbonyl (C=O) groups excluding carboxylic acids is 1. The highest BCUT2D eigenvalue weighted by Gasteiger charge is 2.24. The fourth-order valence-corrected chi connectivity index (χ4v) is 2.70. The molecule has 128 valence electrons. The fourth-order valence-electron chi connectivity index (χ4n) is 2.70. The summed E-state index contributed by atoms with van der Waals surface area (Å²) in [4.78, 5) is 13.8. The number of hydrogen-bond acceptors (Lipinski definition) is 3. The number of rotatable bonds is 7. The lowest BCUT2D eigenvalue weighted by Crippen LogP contribution is -2.46. The van der Waals surface area contributed by atoms with E-state index in [4.69, 9.17) is 9.47 Å². The molecule has 2 atom stereocenters. The van der Waals surface area contributed by atoms with E-state index in [0.717, 1.165) is 37.2 Å². The second kappa shape index (κ2) is 8.77. The average Bonchev–Trinajstić information content (AvgIpc) is 3.07. The summed E-state index contributed by atoms with van der Waals surface area (Å²) < 4.78 is 11.4. The minimum absolute atomic E-state index is 0.0515. The lowest BCUT2D eigenvalue weighted by molar-refractivity contribution is 0.0838. The van der Waals surface area contributed by atoms with Crippen molar-refractivity contribution in [3.63, 3.8) is 0 Å². The van der Waals surface area contributed by atoms with Gasteiger partial charge in [0.05, 0.1) is 18.8 Å². The highest BCUT2D eigenvalue weighted by Crippen LogP contribution is 2.16. The van der Waals surface area contributed by atoms with Crippen LogP contribution in [0.15, 0.2) is 24.3 Å². The SMILES string of the molecule is Cc1ccccc1OCCCN(C)C(=O)NC(C)C1CCCO1. The minimum atomic E-state index is -0.0520. The Morgan fingerprint density at radius 2 is 2.26 bits per heavy atom. The summed E-state index contributed by atoms with van der Waals surface area (Å²) in [6.07, 6.45) is 3.05. The highest BCUT2D eigenvalue weighted by atomic mass is 16.5. The molecule has 1 aromatic rings. The number of nitrogens with zero attached hydrogens (tertiary/aromatic N) is 1. The molecule has 1 heterocycles. The van der Waals surface area contributed by atoms with Crippen LogP contribution in [0.2, 0.25) is 0 Å². The van der Waals surface area contributed by atoms with Crippen LogP contribution in [-0.4, -0.2) is 49.9 Å². The van der Waals surface area contributed by atoms with Crippen molar-refractivity contribution in [1.82, 2.24) is 10.2 Å². The molecule has 1 aromatic carbocycles. The molecule has 5 nitrogen and oxygen atoms in total. The van der Waals surface area contributed by atoms with Gasteiger partial charge in [0.15, 0.2) is 0 Å². The molecular formula is C18H28N2O3. The van der Waals surface area contributed by atoms with E-state index in [0.29, 0.717) is 13.2 Å². The number of hydrogen-bond donors (Lipinski definition) is 1. The summed E-state index contributed by atoms with van der Waals surface area (Å²) in [5, 5.41) is 3.01. The molecule has 0 aliphatic carbocycles. The van der Waals surface area contributed by atoms with Crippen LogP contribution in [0.4, 0.5) is 4.79 Å². The second-order valence-electron chi connectivity index (χ2n) is 6.18. The molecule has 1 aliphatic rings. The molecule has 1 N–H and O–H groups in total. The molecule has 2 rings (SSSR count). The molecule has 0 aromatic heterocycles. The van der Waals surface area contributed by atoms with Gasteiger partial charge in [-0.05, 0) is 44.7 Å². The molecule has 0 saturated carbocycles. The molecule has 0 radical (unpaired) electrons. The van der Waals surface area contributed by atoms with E-state index >= 15 is 0 Å². The Balaban J connectivity index is 1.64. The van der Waals surface area contributed by atoms with Crippen molar-refractivity contribution in [3.8, 4) is 5.75 Å². The third-order valence-electron chi connectivity index (χ3n) is 4.21. The van der Waals surface area contributed by atoms with E-state index in [-0.39, 0.29) is 18.2 Å². The van der Waals surface area contributed by atoms with E-state index < -0.39 is 0 Å². The van der Waals surface area contributed by atoms with Gasteiger partial charge in [0, 0.05) is 20.2 Å². The first-order chi connectivity index (χ1) is 11.1. The van der Waals surface area contributed by atoms with Gasteiger partial charge in [0.2, 0.25) is 0 Å². The lowest BCUT2D eigenvalue weighted by Gasteiger charge is -2.24. The first-order valence-corrected chi connectivity index (χ1v) is 8.39. The van der Waals surface area contributed by atoms with Crippen LogP contribution in [-0.2, 0) is 4.74 Å². The van der Waals surface area contributed by atoms with Crippen LogP contribution in [0, 0.1) is 6.92 Å². The van der Waals surface area contributed by atoms with Crippen LogP contribution >= 0.6 is 0 Å². The summed E-state index contributed by atoms with van der Waals surface area (Å²) in [5.74, 6) is 0.909. The van der Waals surface area contributed by atoms with Crippen molar-refractivity contribution in [1.29, 1.82) is 0 Å². The number of carbonyl (C=O) groups is 1. The number of benzene rings is 1. The van der Waals surface area contributed by atoms with Crippen molar-refractivity contribution < 1.29 is 14.3 Å². The normalized spacial score (nSPS) is 18.5. The molecular weight excluding hydrogens is 292 g/mol. The zero-order valence-electron chi connectivity index (χ0n) is 14.4. The zero-order chi connectivity index (χ0) is 16.7. The smallest absolute Gasteiger partial charge is 0.317 e. The third-order valence-corrected chi connectivity index (χ3v) is 4.21. The number of ether oxygens (including phenoxy) is 2. The van der Waals surface area contributed by atoms with Gasteiger partial charge in [-0.15, -0.1) is 0 Å². The fraction of sp³-hybridized carbons (Fsp3) is 0.611. The van der Waals surface area contributed by atoms with E-state index in [2.05, 4.69) is 5.32 Å². The summed E-state index contributed by atoms with van der Waals surface area (Å²) in [5.41, 5.74) is 1.13. The summed E-state index contributed by atoms with van der Waals surface area (Å²) >= 11 is 0. The molecule has 2 unspecified atom stereocenters. The first-order valence-electron chi connectivity index (χ1n) is 8.39. The maximum Gasteiger partial charge on any atom is 0.317 e. The number of nitrogens with one attached hydrogen (secondary N) is 1. The second-order valence-corrected chi connectivity index (χ2v) is 6.18. The van der Waals surface area contributed by atoms with Crippen molar-refractivity contribution in [2.45, 2.75) is 45.3 Å². The Kier molecular flexibility index (Phi) is 6.71. The Bertz CT molecular complexity index is 501. The van der Waals surface area contributed by atoms with Gasteiger partial charge in [-0.2, -0.15) is 0 Å². The molecule has 2 amide bonds. The molecule has 0 bridgehead atoms. The van der Waals surface area contributed by atoms with Crippen LogP contribution in [0.5, 0.6) is 5.75 Å². The molecule has 1 saturated heterocycles. The maximum absolute atomic E-state index is 12.1. The summed E-state index contributed by atoms with van der Waals surface area (Å²) in [6, 6.07) is 7.96. The molecule has 1 fully saturated rings.